The average molecular weight is 559 g/mol. The second-order valence-electron chi connectivity index (χ2n) is 10.9. The number of nitrogens with zero attached hydrogens (tertiary/aromatic N) is 4. The van der Waals surface area contributed by atoms with Crippen molar-refractivity contribution in [3.8, 4) is 56.6 Å². The third-order valence-electron chi connectivity index (χ3n) is 8.37. The summed E-state index contributed by atoms with van der Waals surface area (Å²) in [5.74, 6) is 0. The lowest BCUT2D eigenvalue weighted by atomic mass is 9.88. The Morgan fingerprint density at radius 2 is 0.773 bits per heavy atom. The second kappa shape index (κ2) is 10.2. The minimum absolute atomic E-state index is 0.426. The van der Waals surface area contributed by atoms with Crippen molar-refractivity contribution in [2.75, 3.05) is 0 Å². The van der Waals surface area contributed by atoms with Crippen molar-refractivity contribution < 1.29 is 0 Å². The number of benzene rings is 6. The highest BCUT2D eigenvalue weighted by molar-refractivity contribution is 6.24. The minimum atomic E-state index is 0.426. The van der Waals surface area contributed by atoms with E-state index in [2.05, 4.69) is 94.9 Å². The largest absolute Gasteiger partial charge is 0.245 e. The monoisotopic (exact) mass is 558 g/mol. The van der Waals surface area contributed by atoms with Crippen LogP contribution < -0.4 is 0 Å². The van der Waals surface area contributed by atoms with Crippen molar-refractivity contribution in [2.24, 2.45) is 0 Å². The SMILES string of the molecule is N#Cc1ncccc1-c1cccc(-c2cc3ccc4cc(-c5cccc(-c6cccnc6C#N)c5)cc5ccc(c2)c3c45)c1. The topological polar surface area (TPSA) is 73.4 Å². The van der Waals surface area contributed by atoms with Crippen LogP contribution in [0.2, 0.25) is 0 Å². The van der Waals surface area contributed by atoms with Crippen LogP contribution in [0.4, 0.5) is 0 Å². The molecule has 2 aromatic heterocycles. The number of rotatable bonds is 4. The molecule has 0 bridgehead atoms. The highest BCUT2D eigenvalue weighted by Crippen LogP contribution is 2.40. The summed E-state index contributed by atoms with van der Waals surface area (Å²) >= 11 is 0. The van der Waals surface area contributed by atoms with Crippen LogP contribution in [0.1, 0.15) is 11.4 Å². The molecule has 8 rings (SSSR count). The molecule has 44 heavy (non-hydrogen) atoms. The van der Waals surface area contributed by atoms with Crippen molar-refractivity contribution in [3.63, 3.8) is 0 Å². The zero-order valence-corrected chi connectivity index (χ0v) is 23.5. The van der Waals surface area contributed by atoms with Gasteiger partial charge in [0.05, 0.1) is 0 Å². The van der Waals surface area contributed by atoms with E-state index in [1.165, 1.54) is 32.3 Å². The molecule has 0 saturated heterocycles. The molecule has 6 aromatic carbocycles. The molecule has 4 heteroatoms. The van der Waals surface area contributed by atoms with Gasteiger partial charge in [-0.05, 0) is 126 Å². The third kappa shape index (κ3) is 4.14. The van der Waals surface area contributed by atoms with Gasteiger partial charge in [0.15, 0.2) is 0 Å². The highest BCUT2D eigenvalue weighted by atomic mass is 14.7. The summed E-state index contributed by atoms with van der Waals surface area (Å²) < 4.78 is 0. The molecule has 0 saturated carbocycles. The zero-order chi connectivity index (χ0) is 29.6. The summed E-state index contributed by atoms with van der Waals surface area (Å²) in [6.07, 6.45) is 3.30. The molecule has 0 atom stereocenters. The Labute approximate surface area is 254 Å². The smallest absolute Gasteiger partial charge is 0.148 e. The Kier molecular flexibility index (Phi) is 5.86. The molecule has 0 aliphatic heterocycles. The van der Waals surface area contributed by atoms with Gasteiger partial charge in [0.2, 0.25) is 0 Å². The lowest BCUT2D eigenvalue weighted by Gasteiger charge is -2.15. The van der Waals surface area contributed by atoms with Crippen LogP contribution in [0.5, 0.6) is 0 Å². The molecule has 202 valence electrons. The molecule has 0 amide bonds. The van der Waals surface area contributed by atoms with Gasteiger partial charge >= 0.3 is 0 Å². The first-order valence-corrected chi connectivity index (χ1v) is 14.3. The molecule has 0 aliphatic rings. The molecular formula is C40H22N4. The van der Waals surface area contributed by atoms with Crippen LogP contribution in [0, 0.1) is 22.7 Å². The van der Waals surface area contributed by atoms with E-state index in [1.807, 2.05) is 48.5 Å². The molecule has 0 spiro atoms. The van der Waals surface area contributed by atoms with Crippen LogP contribution in [0.15, 0.2) is 134 Å². The van der Waals surface area contributed by atoms with E-state index in [4.69, 9.17) is 0 Å². The van der Waals surface area contributed by atoms with Crippen LogP contribution in [-0.2, 0) is 0 Å². The predicted molar refractivity (Wildman–Crippen MR) is 177 cm³/mol. The van der Waals surface area contributed by atoms with E-state index in [0.717, 1.165) is 44.5 Å². The summed E-state index contributed by atoms with van der Waals surface area (Å²) in [6, 6.07) is 46.5. The Hall–Kier alpha value is -6.36. The molecule has 2 heterocycles. The van der Waals surface area contributed by atoms with Crippen molar-refractivity contribution in [1.29, 1.82) is 10.5 Å². The number of hydrogen-bond acceptors (Lipinski definition) is 4. The van der Waals surface area contributed by atoms with E-state index in [1.54, 1.807) is 12.4 Å². The molecule has 0 N–H and O–H groups in total. The zero-order valence-electron chi connectivity index (χ0n) is 23.5. The van der Waals surface area contributed by atoms with Crippen LogP contribution >= 0.6 is 0 Å². The van der Waals surface area contributed by atoms with E-state index < -0.39 is 0 Å². The highest BCUT2D eigenvalue weighted by Gasteiger charge is 2.14. The summed E-state index contributed by atoms with van der Waals surface area (Å²) in [7, 11) is 0. The van der Waals surface area contributed by atoms with Gasteiger partial charge in [0.25, 0.3) is 0 Å². The van der Waals surface area contributed by atoms with Gasteiger partial charge in [0, 0.05) is 23.5 Å². The molecule has 0 unspecified atom stereocenters. The number of aromatic nitrogens is 2. The van der Waals surface area contributed by atoms with Crippen molar-refractivity contribution in [3.05, 3.63) is 145 Å². The van der Waals surface area contributed by atoms with Crippen molar-refractivity contribution in [1.82, 2.24) is 9.97 Å². The van der Waals surface area contributed by atoms with Gasteiger partial charge in [-0.25, -0.2) is 9.97 Å². The second-order valence-corrected chi connectivity index (χ2v) is 10.9. The fourth-order valence-electron chi connectivity index (χ4n) is 6.36. The van der Waals surface area contributed by atoms with E-state index >= 15 is 0 Å². The normalized spacial score (nSPS) is 11.1. The molecule has 0 aliphatic carbocycles. The fraction of sp³-hybridized carbons (Fsp3) is 0. The first-order valence-electron chi connectivity index (χ1n) is 14.3. The summed E-state index contributed by atoms with van der Waals surface area (Å²) in [5.41, 5.74) is 8.92. The lowest BCUT2D eigenvalue weighted by Crippen LogP contribution is -1.90. The summed E-state index contributed by atoms with van der Waals surface area (Å²) in [4.78, 5) is 8.49. The maximum Gasteiger partial charge on any atom is 0.148 e. The van der Waals surface area contributed by atoms with Crippen LogP contribution in [0.25, 0.3) is 76.8 Å². The standard InChI is InChI=1S/C40H22N4/c41-23-37-35(9-3-15-43-37)27-7-1-5-25(17-27)33-19-29-11-13-31-21-34(22-32-14-12-30(20-33)39(29)40(31)32)26-6-2-8-28(18-26)36-10-4-16-44-38(36)24-42/h1-22H. The average Bonchev–Trinajstić information content (AvgIpc) is 3.10. The summed E-state index contributed by atoms with van der Waals surface area (Å²) in [5, 5.41) is 26.4. The fourth-order valence-corrected chi connectivity index (χ4v) is 6.36. The Bertz CT molecular complexity index is 2240. The van der Waals surface area contributed by atoms with Gasteiger partial charge in [-0.1, -0.05) is 60.7 Å². The Morgan fingerprint density at radius 1 is 0.386 bits per heavy atom. The van der Waals surface area contributed by atoms with Crippen LogP contribution in [-0.4, -0.2) is 9.97 Å². The first kappa shape index (κ1) is 25.4. The predicted octanol–water partition coefficient (Wildman–Crippen LogP) is 9.79. The van der Waals surface area contributed by atoms with Gasteiger partial charge in [-0.3, -0.25) is 0 Å². The van der Waals surface area contributed by atoms with E-state index in [9.17, 15) is 10.5 Å². The van der Waals surface area contributed by atoms with E-state index in [0.29, 0.717) is 11.4 Å². The molecule has 0 radical (unpaired) electrons. The maximum atomic E-state index is 9.57. The summed E-state index contributed by atoms with van der Waals surface area (Å²) in [6.45, 7) is 0. The van der Waals surface area contributed by atoms with Gasteiger partial charge in [-0.15, -0.1) is 0 Å². The quantitative estimate of drug-likeness (QED) is 0.202. The third-order valence-corrected chi connectivity index (χ3v) is 8.37. The van der Waals surface area contributed by atoms with Gasteiger partial charge in [0.1, 0.15) is 23.5 Å². The van der Waals surface area contributed by atoms with Crippen LogP contribution in [0.3, 0.4) is 0 Å². The maximum absolute atomic E-state index is 9.57. The molecule has 0 fully saturated rings. The minimum Gasteiger partial charge on any atom is -0.245 e. The van der Waals surface area contributed by atoms with Crippen molar-refractivity contribution >= 4 is 32.3 Å². The van der Waals surface area contributed by atoms with Gasteiger partial charge in [-0.2, -0.15) is 10.5 Å². The molecular weight excluding hydrogens is 536 g/mol. The first-order chi connectivity index (χ1) is 21.7. The Morgan fingerprint density at radius 3 is 1.16 bits per heavy atom. The molecule has 8 aromatic rings. The number of nitriles is 2. The van der Waals surface area contributed by atoms with Gasteiger partial charge < -0.3 is 0 Å². The number of hydrogen-bond donors (Lipinski definition) is 0. The van der Waals surface area contributed by atoms with Crippen molar-refractivity contribution in [2.45, 2.75) is 0 Å². The van der Waals surface area contributed by atoms with E-state index in [-0.39, 0.29) is 0 Å². The molecule has 4 nitrogen and oxygen atoms in total. The number of pyridine rings is 2. The Balaban J connectivity index is 1.23. The lowest BCUT2D eigenvalue weighted by molar-refractivity contribution is 1.26.